The van der Waals surface area contributed by atoms with E-state index in [1.165, 1.54) is 0 Å². The van der Waals surface area contributed by atoms with Crippen molar-refractivity contribution in [1.82, 2.24) is 5.32 Å². The van der Waals surface area contributed by atoms with Gasteiger partial charge in [0.2, 0.25) is 5.76 Å². The molecule has 0 unspecified atom stereocenters. The quantitative estimate of drug-likeness (QED) is 0.397. The third-order valence-corrected chi connectivity index (χ3v) is 5.19. The van der Waals surface area contributed by atoms with Crippen molar-refractivity contribution in [3.8, 4) is 0 Å². The van der Waals surface area contributed by atoms with Crippen LogP contribution in [0.25, 0.3) is 11.0 Å². The number of hydrogen-bond donors (Lipinski definition) is 2. The number of esters is 1. The normalized spacial score (nSPS) is 10.5. The van der Waals surface area contributed by atoms with Gasteiger partial charge in [-0.15, -0.1) is 0 Å². The molecule has 1 heterocycles. The van der Waals surface area contributed by atoms with Crippen molar-refractivity contribution in [2.75, 3.05) is 11.9 Å². The van der Waals surface area contributed by atoms with E-state index in [1.807, 2.05) is 31.2 Å². The number of carbonyl (C=O) groups excluding carboxylic acids is 3. The van der Waals surface area contributed by atoms with Gasteiger partial charge in [-0.25, -0.2) is 4.79 Å². The summed E-state index contributed by atoms with van der Waals surface area (Å²) in [7, 11) is 0. The van der Waals surface area contributed by atoms with Crippen LogP contribution in [0, 0.1) is 6.92 Å². The first-order valence-electron chi connectivity index (χ1n) is 10.8. The highest BCUT2D eigenvalue weighted by Crippen LogP contribution is 2.16. The van der Waals surface area contributed by atoms with E-state index in [0.717, 1.165) is 17.2 Å². The number of rotatable bonds is 7. The summed E-state index contributed by atoms with van der Waals surface area (Å²) in [5.41, 5.74) is 2.44. The minimum atomic E-state index is -0.952. The highest BCUT2D eigenvalue weighted by atomic mass is 16.5. The molecule has 2 N–H and O–H groups in total. The fourth-order valence-corrected chi connectivity index (χ4v) is 3.37. The van der Waals surface area contributed by atoms with Gasteiger partial charge >= 0.3 is 5.97 Å². The monoisotopic (exact) mass is 470 g/mol. The summed E-state index contributed by atoms with van der Waals surface area (Å²) in [5.74, 6) is -2.28. The Kier molecular flexibility index (Phi) is 7.02. The Hall–Kier alpha value is -4.72. The first kappa shape index (κ1) is 23.4. The van der Waals surface area contributed by atoms with Gasteiger partial charge in [-0.2, -0.15) is 0 Å². The van der Waals surface area contributed by atoms with Crippen LogP contribution in [0.4, 0.5) is 5.69 Å². The van der Waals surface area contributed by atoms with Gasteiger partial charge in [0.05, 0.1) is 16.6 Å². The highest BCUT2D eigenvalue weighted by molar-refractivity contribution is 6.04. The molecular formula is C27H22N2O6. The second-order valence-corrected chi connectivity index (χ2v) is 7.81. The van der Waals surface area contributed by atoms with Crippen LogP contribution >= 0.6 is 0 Å². The predicted octanol–water partition coefficient (Wildman–Crippen LogP) is 3.83. The lowest BCUT2D eigenvalue weighted by Gasteiger charge is -2.12. The number of carbonyl (C=O) groups is 3. The minimum Gasteiger partial charge on any atom is -0.450 e. The van der Waals surface area contributed by atoms with Gasteiger partial charge in [0.25, 0.3) is 11.8 Å². The topological polar surface area (TPSA) is 115 Å². The van der Waals surface area contributed by atoms with Crippen molar-refractivity contribution in [2.24, 2.45) is 0 Å². The first-order chi connectivity index (χ1) is 16.9. The molecule has 0 bridgehead atoms. The number of anilines is 1. The molecule has 3 aromatic carbocycles. The van der Waals surface area contributed by atoms with Crippen LogP contribution in [0.15, 0.2) is 88.1 Å². The zero-order valence-electron chi connectivity index (χ0n) is 18.9. The molecule has 0 fully saturated rings. The van der Waals surface area contributed by atoms with Gasteiger partial charge < -0.3 is 19.8 Å². The summed E-state index contributed by atoms with van der Waals surface area (Å²) in [6, 6.07) is 21.8. The molecule has 35 heavy (non-hydrogen) atoms. The van der Waals surface area contributed by atoms with E-state index in [1.54, 1.807) is 48.5 Å². The second-order valence-electron chi connectivity index (χ2n) is 7.81. The number of fused-ring (bicyclic) bond motifs is 1. The molecule has 2 amide bonds. The van der Waals surface area contributed by atoms with Gasteiger partial charge in [-0.05, 0) is 36.8 Å². The Labute approximate surface area is 200 Å². The van der Waals surface area contributed by atoms with Crippen molar-refractivity contribution in [3.63, 3.8) is 0 Å². The van der Waals surface area contributed by atoms with Gasteiger partial charge in [0.15, 0.2) is 12.0 Å². The van der Waals surface area contributed by atoms with Crippen LogP contribution in [-0.4, -0.2) is 24.4 Å². The van der Waals surface area contributed by atoms with Crippen molar-refractivity contribution < 1.29 is 23.5 Å². The Bertz CT molecular complexity index is 1460. The molecule has 0 aliphatic heterocycles. The molecule has 0 aliphatic rings. The van der Waals surface area contributed by atoms with E-state index in [2.05, 4.69) is 10.6 Å². The zero-order valence-corrected chi connectivity index (χ0v) is 18.9. The van der Waals surface area contributed by atoms with Crippen LogP contribution in [0.1, 0.15) is 32.0 Å². The van der Waals surface area contributed by atoms with Crippen LogP contribution in [-0.2, 0) is 16.1 Å². The summed E-state index contributed by atoms with van der Waals surface area (Å²) in [6.07, 6.45) is 0. The van der Waals surface area contributed by atoms with Gasteiger partial charge in [-0.1, -0.05) is 54.1 Å². The number of hydrogen-bond acceptors (Lipinski definition) is 6. The number of benzene rings is 3. The minimum absolute atomic E-state index is 0.238. The molecular weight excluding hydrogens is 448 g/mol. The van der Waals surface area contributed by atoms with E-state index in [0.29, 0.717) is 11.9 Å². The fourth-order valence-electron chi connectivity index (χ4n) is 3.37. The fraction of sp³-hybridized carbons (Fsp3) is 0.111. The largest absolute Gasteiger partial charge is 0.450 e. The number of nitrogens with one attached hydrogen (secondary N) is 2. The van der Waals surface area contributed by atoms with Crippen LogP contribution < -0.4 is 16.1 Å². The lowest BCUT2D eigenvalue weighted by molar-refractivity contribution is -0.119. The summed E-state index contributed by atoms with van der Waals surface area (Å²) >= 11 is 0. The number of para-hydroxylation sites is 2. The smallest absolute Gasteiger partial charge is 0.374 e. The van der Waals surface area contributed by atoms with Gasteiger partial charge in [-0.3, -0.25) is 14.4 Å². The molecule has 176 valence electrons. The van der Waals surface area contributed by atoms with E-state index in [9.17, 15) is 19.2 Å². The predicted molar refractivity (Wildman–Crippen MR) is 130 cm³/mol. The van der Waals surface area contributed by atoms with Crippen molar-refractivity contribution >= 4 is 34.4 Å². The van der Waals surface area contributed by atoms with E-state index >= 15 is 0 Å². The Morgan fingerprint density at radius 3 is 2.43 bits per heavy atom. The molecule has 0 radical (unpaired) electrons. The molecule has 0 atom stereocenters. The maximum atomic E-state index is 12.7. The number of ether oxygens (including phenoxy) is 1. The van der Waals surface area contributed by atoms with Crippen LogP contribution in [0.2, 0.25) is 0 Å². The number of aryl methyl sites for hydroxylation is 1. The van der Waals surface area contributed by atoms with Crippen LogP contribution in [0.5, 0.6) is 0 Å². The maximum Gasteiger partial charge on any atom is 0.374 e. The average molecular weight is 470 g/mol. The average Bonchev–Trinajstić information content (AvgIpc) is 2.87. The summed E-state index contributed by atoms with van der Waals surface area (Å²) in [4.78, 5) is 49.6. The third kappa shape index (κ3) is 5.80. The Balaban J connectivity index is 1.37. The highest BCUT2D eigenvalue weighted by Gasteiger charge is 2.17. The van der Waals surface area contributed by atoms with E-state index in [4.69, 9.17) is 9.15 Å². The standard InChI is InChI=1S/C27H22N2O6/c1-17-10-12-18(13-11-17)15-28-26(32)19-6-2-4-8-21(19)29-25(31)16-34-27(33)24-14-22(30)20-7-3-5-9-23(20)35-24/h2-14H,15-16H2,1H3,(H,28,32)(H,29,31). The molecule has 1 aromatic heterocycles. The Morgan fingerprint density at radius 1 is 0.914 bits per heavy atom. The molecule has 8 heteroatoms. The van der Waals surface area contributed by atoms with Crippen molar-refractivity contribution in [1.29, 1.82) is 0 Å². The Morgan fingerprint density at radius 2 is 1.63 bits per heavy atom. The molecule has 0 spiro atoms. The molecule has 0 aliphatic carbocycles. The zero-order chi connectivity index (χ0) is 24.8. The molecule has 8 nitrogen and oxygen atoms in total. The lowest BCUT2D eigenvalue weighted by Crippen LogP contribution is -2.26. The van der Waals surface area contributed by atoms with E-state index < -0.39 is 23.9 Å². The molecule has 4 aromatic rings. The van der Waals surface area contributed by atoms with Crippen molar-refractivity contribution in [3.05, 3.63) is 112 Å². The van der Waals surface area contributed by atoms with Crippen molar-refractivity contribution in [2.45, 2.75) is 13.5 Å². The first-order valence-corrected chi connectivity index (χ1v) is 10.8. The molecule has 4 rings (SSSR count). The van der Waals surface area contributed by atoms with Gasteiger partial charge in [0.1, 0.15) is 5.58 Å². The summed E-state index contributed by atoms with van der Waals surface area (Å²) in [6.45, 7) is 1.68. The number of amides is 2. The third-order valence-electron chi connectivity index (χ3n) is 5.19. The maximum absolute atomic E-state index is 12.7. The molecule has 0 saturated carbocycles. The van der Waals surface area contributed by atoms with Gasteiger partial charge in [0, 0.05) is 12.6 Å². The van der Waals surface area contributed by atoms with E-state index in [-0.39, 0.29) is 28.5 Å². The second kappa shape index (κ2) is 10.5. The van der Waals surface area contributed by atoms with Crippen LogP contribution in [0.3, 0.4) is 0 Å². The summed E-state index contributed by atoms with van der Waals surface area (Å²) < 4.78 is 10.4. The summed E-state index contributed by atoms with van der Waals surface area (Å²) in [5, 5.41) is 5.73. The molecule has 0 saturated heterocycles. The SMILES string of the molecule is Cc1ccc(CNC(=O)c2ccccc2NC(=O)COC(=O)c2cc(=O)c3ccccc3o2)cc1. The lowest BCUT2D eigenvalue weighted by atomic mass is 10.1.